The summed E-state index contributed by atoms with van der Waals surface area (Å²) in [6, 6.07) is 18.7. The summed E-state index contributed by atoms with van der Waals surface area (Å²) in [5.41, 5.74) is 0.821. The summed E-state index contributed by atoms with van der Waals surface area (Å²) in [5.74, 6) is 0.532. The molecule has 1 amide bonds. The third-order valence-electron chi connectivity index (χ3n) is 5.08. The van der Waals surface area contributed by atoms with Crippen LogP contribution >= 0.6 is 0 Å². The predicted molar refractivity (Wildman–Crippen MR) is 103 cm³/mol. The van der Waals surface area contributed by atoms with E-state index in [1.165, 1.54) is 0 Å². The maximum Gasteiger partial charge on any atom is 0.316 e. The Morgan fingerprint density at radius 3 is 2.75 bits per heavy atom. The number of amides is 1. The van der Waals surface area contributed by atoms with Gasteiger partial charge in [-0.3, -0.25) is 9.59 Å². The topological polar surface area (TPSA) is 65.1 Å². The Morgan fingerprint density at radius 2 is 1.82 bits per heavy atom. The lowest BCUT2D eigenvalue weighted by atomic mass is 10.1. The first-order chi connectivity index (χ1) is 13.7. The van der Waals surface area contributed by atoms with Crippen LogP contribution in [0, 0.1) is 5.92 Å². The summed E-state index contributed by atoms with van der Waals surface area (Å²) in [4.78, 5) is 26.9. The first kappa shape index (κ1) is 16.6. The molecule has 2 heterocycles. The minimum absolute atomic E-state index is 0.0796. The van der Waals surface area contributed by atoms with E-state index in [9.17, 15) is 9.59 Å². The van der Waals surface area contributed by atoms with Gasteiger partial charge >= 0.3 is 5.97 Å². The average molecular weight is 375 g/mol. The summed E-state index contributed by atoms with van der Waals surface area (Å²) in [6.07, 6.45) is 0.132. The molecule has 0 N–H and O–H groups in total. The summed E-state index contributed by atoms with van der Waals surface area (Å²) in [6.45, 7) is 0.458. The number of nitrogens with zero attached hydrogens (tertiary/aromatic N) is 1. The molecule has 2 aliphatic heterocycles. The molecule has 5 rings (SSSR count). The number of anilines is 1. The molecule has 6 heteroatoms. The molecule has 0 aliphatic carbocycles. The third kappa shape index (κ3) is 2.83. The van der Waals surface area contributed by atoms with Gasteiger partial charge in [-0.2, -0.15) is 0 Å². The van der Waals surface area contributed by atoms with Gasteiger partial charge in [0, 0.05) is 24.4 Å². The lowest BCUT2D eigenvalue weighted by molar-refractivity contribution is -0.139. The zero-order chi connectivity index (χ0) is 19.1. The van der Waals surface area contributed by atoms with Gasteiger partial charge in [0.1, 0.15) is 5.75 Å². The number of hydrogen-bond donors (Lipinski definition) is 0. The summed E-state index contributed by atoms with van der Waals surface area (Å²) >= 11 is 0. The van der Waals surface area contributed by atoms with E-state index in [1.54, 1.807) is 23.1 Å². The van der Waals surface area contributed by atoms with Crippen molar-refractivity contribution in [3.63, 3.8) is 0 Å². The molecule has 3 aromatic carbocycles. The Bertz CT molecular complexity index is 1090. The Morgan fingerprint density at radius 1 is 1.00 bits per heavy atom. The van der Waals surface area contributed by atoms with E-state index in [0.717, 1.165) is 16.5 Å². The molecule has 28 heavy (non-hydrogen) atoms. The zero-order valence-corrected chi connectivity index (χ0v) is 15.0. The second kappa shape index (κ2) is 6.56. The molecule has 0 bridgehead atoms. The Labute approximate surface area is 161 Å². The minimum atomic E-state index is -0.517. The number of hydrogen-bond acceptors (Lipinski definition) is 5. The van der Waals surface area contributed by atoms with Gasteiger partial charge in [0.15, 0.2) is 11.5 Å². The van der Waals surface area contributed by atoms with Gasteiger partial charge in [-0.25, -0.2) is 0 Å². The molecular weight excluding hydrogens is 358 g/mol. The maximum atomic E-state index is 12.6. The third-order valence-corrected chi connectivity index (χ3v) is 5.08. The molecule has 0 radical (unpaired) electrons. The van der Waals surface area contributed by atoms with Gasteiger partial charge in [-0.15, -0.1) is 0 Å². The van der Waals surface area contributed by atoms with E-state index in [-0.39, 0.29) is 19.1 Å². The first-order valence-corrected chi connectivity index (χ1v) is 9.08. The van der Waals surface area contributed by atoms with Crippen molar-refractivity contribution in [1.82, 2.24) is 0 Å². The standard InChI is InChI=1S/C22H17NO5/c24-21-10-15(22(25)28-16-8-9-19-20(11-16)27-13-26-19)12-23(21)18-7-3-5-14-4-1-2-6-17(14)18/h1-9,11,15H,10,12-13H2/t15-/m0/s1. The number of carbonyl (C=O) groups is 2. The van der Waals surface area contributed by atoms with Crippen molar-refractivity contribution in [1.29, 1.82) is 0 Å². The molecule has 2 aliphatic rings. The van der Waals surface area contributed by atoms with Crippen molar-refractivity contribution in [2.75, 3.05) is 18.2 Å². The summed E-state index contributed by atoms with van der Waals surface area (Å²) < 4.78 is 16.0. The van der Waals surface area contributed by atoms with Gasteiger partial charge in [-0.05, 0) is 23.6 Å². The molecule has 0 spiro atoms. The fourth-order valence-corrected chi connectivity index (χ4v) is 3.68. The van der Waals surface area contributed by atoms with Crippen LogP contribution in [0.15, 0.2) is 60.7 Å². The highest BCUT2D eigenvalue weighted by molar-refractivity contribution is 6.06. The van der Waals surface area contributed by atoms with Gasteiger partial charge in [0.25, 0.3) is 0 Å². The lowest BCUT2D eigenvalue weighted by Gasteiger charge is -2.18. The van der Waals surface area contributed by atoms with Crippen molar-refractivity contribution in [3.8, 4) is 17.2 Å². The number of carbonyl (C=O) groups excluding carboxylic acids is 2. The molecular formula is C22H17NO5. The summed E-state index contributed by atoms with van der Waals surface area (Å²) in [5, 5.41) is 2.04. The van der Waals surface area contributed by atoms with E-state index in [2.05, 4.69) is 0 Å². The van der Waals surface area contributed by atoms with Crippen LogP contribution in [0.3, 0.4) is 0 Å². The Hall–Kier alpha value is -3.54. The molecule has 0 saturated carbocycles. The van der Waals surface area contributed by atoms with Crippen LogP contribution in [-0.2, 0) is 9.59 Å². The Kier molecular flexibility index (Phi) is 3.90. The molecule has 0 unspecified atom stereocenters. The monoisotopic (exact) mass is 375 g/mol. The van der Waals surface area contributed by atoms with Crippen molar-refractivity contribution < 1.29 is 23.8 Å². The lowest BCUT2D eigenvalue weighted by Crippen LogP contribution is -2.27. The normalized spacial score (nSPS) is 17.9. The fourth-order valence-electron chi connectivity index (χ4n) is 3.68. The van der Waals surface area contributed by atoms with Gasteiger partial charge in [0.05, 0.1) is 11.6 Å². The van der Waals surface area contributed by atoms with E-state index < -0.39 is 11.9 Å². The second-order valence-corrected chi connectivity index (χ2v) is 6.84. The van der Waals surface area contributed by atoms with Crippen LogP contribution in [-0.4, -0.2) is 25.2 Å². The van der Waals surface area contributed by atoms with Crippen LogP contribution in [0.25, 0.3) is 10.8 Å². The van der Waals surface area contributed by atoms with Gasteiger partial charge in [0.2, 0.25) is 12.7 Å². The number of esters is 1. The number of rotatable bonds is 3. The number of ether oxygens (including phenoxy) is 3. The van der Waals surface area contributed by atoms with Crippen LogP contribution in [0.5, 0.6) is 17.2 Å². The zero-order valence-electron chi connectivity index (χ0n) is 15.0. The molecule has 1 atom stereocenters. The maximum absolute atomic E-state index is 12.6. The molecule has 1 fully saturated rings. The quantitative estimate of drug-likeness (QED) is 0.518. The second-order valence-electron chi connectivity index (χ2n) is 6.84. The molecule has 1 saturated heterocycles. The van der Waals surface area contributed by atoms with Gasteiger partial charge in [-0.1, -0.05) is 36.4 Å². The SMILES string of the molecule is O=C(Oc1ccc2c(c1)OCO2)[C@H]1CC(=O)N(c2cccc3ccccc23)C1. The first-order valence-electron chi connectivity index (χ1n) is 9.08. The largest absolute Gasteiger partial charge is 0.454 e. The average Bonchev–Trinajstić information content (AvgIpc) is 3.33. The van der Waals surface area contributed by atoms with Crippen molar-refractivity contribution in [2.45, 2.75) is 6.42 Å². The van der Waals surface area contributed by atoms with Crippen molar-refractivity contribution in [3.05, 3.63) is 60.7 Å². The predicted octanol–water partition coefficient (Wildman–Crippen LogP) is 3.53. The fraction of sp³-hybridized carbons (Fsp3) is 0.182. The molecule has 140 valence electrons. The van der Waals surface area contributed by atoms with Crippen molar-refractivity contribution in [2.24, 2.45) is 5.92 Å². The highest BCUT2D eigenvalue weighted by atomic mass is 16.7. The molecule has 3 aromatic rings. The van der Waals surface area contributed by atoms with Crippen LogP contribution in [0.2, 0.25) is 0 Å². The van der Waals surface area contributed by atoms with Crippen LogP contribution < -0.4 is 19.1 Å². The summed E-state index contributed by atoms with van der Waals surface area (Å²) in [7, 11) is 0. The molecule has 0 aromatic heterocycles. The van der Waals surface area contributed by atoms with E-state index in [4.69, 9.17) is 14.2 Å². The van der Waals surface area contributed by atoms with Gasteiger partial charge < -0.3 is 19.1 Å². The minimum Gasteiger partial charge on any atom is -0.454 e. The van der Waals surface area contributed by atoms with E-state index >= 15 is 0 Å². The van der Waals surface area contributed by atoms with E-state index in [1.807, 2.05) is 42.5 Å². The highest BCUT2D eigenvalue weighted by Gasteiger charge is 2.37. The number of benzene rings is 3. The van der Waals surface area contributed by atoms with E-state index in [0.29, 0.717) is 23.8 Å². The highest BCUT2D eigenvalue weighted by Crippen LogP contribution is 2.36. The Balaban J connectivity index is 1.35. The van der Waals surface area contributed by atoms with Crippen LogP contribution in [0.1, 0.15) is 6.42 Å². The molecule has 6 nitrogen and oxygen atoms in total. The van der Waals surface area contributed by atoms with Crippen molar-refractivity contribution >= 4 is 28.3 Å². The smallest absolute Gasteiger partial charge is 0.316 e. The van der Waals surface area contributed by atoms with Crippen LogP contribution in [0.4, 0.5) is 5.69 Å². The number of fused-ring (bicyclic) bond motifs is 2.